The van der Waals surface area contributed by atoms with E-state index in [-0.39, 0.29) is 0 Å². The summed E-state index contributed by atoms with van der Waals surface area (Å²) >= 11 is 0. The van der Waals surface area contributed by atoms with Crippen LogP contribution in [-0.4, -0.2) is 14.6 Å². The summed E-state index contributed by atoms with van der Waals surface area (Å²) in [5, 5.41) is 13.8. The second-order valence-corrected chi connectivity index (χ2v) is 10.9. The molecule has 7 aromatic rings. The van der Waals surface area contributed by atoms with Crippen LogP contribution in [0.4, 0.5) is 0 Å². The molecule has 4 heteroatoms. The van der Waals surface area contributed by atoms with Gasteiger partial charge < -0.3 is 4.42 Å². The average Bonchev–Trinajstić information content (AvgIpc) is 3.60. The fourth-order valence-electron chi connectivity index (χ4n) is 5.87. The maximum atomic E-state index is 6.53. The van der Waals surface area contributed by atoms with Gasteiger partial charge in [0.05, 0.1) is 0 Å². The van der Waals surface area contributed by atoms with E-state index in [1.807, 2.05) is 6.07 Å². The molecule has 0 unspecified atom stereocenters. The SMILES string of the molecule is CCCCc1ccc2oc3c(-c4ccc(-c5nnc6c7ccccc7ccn56)cc4)cc(CCCC)cc3c2c1. The summed E-state index contributed by atoms with van der Waals surface area (Å²) in [5.41, 5.74) is 8.90. The van der Waals surface area contributed by atoms with Crippen molar-refractivity contribution in [2.45, 2.75) is 52.4 Å². The maximum Gasteiger partial charge on any atom is 0.168 e. The minimum atomic E-state index is 0.845. The first-order chi connectivity index (χ1) is 19.7. The van der Waals surface area contributed by atoms with Gasteiger partial charge >= 0.3 is 0 Å². The van der Waals surface area contributed by atoms with Crippen LogP contribution in [0, 0.1) is 0 Å². The molecule has 0 aliphatic rings. The zero-order valence-corrected chi connectivity index (χ0v) is 23.2. The van der Waals surface area contributed by atoms with Crippen LogP contribution in [0.3, 0.4) is 0 Å². The van der Waals surface area contributed by atoms with Gasteiger partial charge in [0.25, 0.3) is 0 Å². The lowest BCUT2D eigenvalue weighted by Gasteiger charge is -2.09. The summed E-state index contributed by atoms with van der Waals surface area (Å²) in [7, 11) is 0. The van der Waals surface area contributed by atoms with Crippen LogP contribution >= 0.6 is 0 Å². The van der Waals surface area contributed by atoms with E-state index in [4.69, 9.17) is 4.42 Å². The van der Waals surface area contributed by atoms with Gasteiger partial charge in [-0.15, -0.1) is 10.2 Å². The molecule has 3 heterocycles. The first-order valence-corrected chi connectivity index (χ1v) is 14.5. The van der Waals surface area contributed by atoms with E-state index in [1.165, 1.54) is 53.0 Å². The van der Waals surface area contributed by atoms with E-state index in [2.05, 4.69) is 114 Å². The van der Waals surface area contributed by atoms with E-state index >= 15 is 0 Å². The fraction of sp³-hybridized carbons (Fsp3) is 0.222. The summed E-state index contributed by atoms with van der Waals surface area (Å²) in [6.07, 6.45) is 9.00. The van der Waals surface area contributed by atoms with Gasteiger partial charge in [0.15, 0.2) is 11.5 Å². The molecular weight excluding hydrogens is 490 g/mol. The number of hydrogen-bond acceptors (Lipinski definition) is 3. The minimum absolute atomic E-state index is 0.845. The molecule has 0 saturated carbocycles. The van der Waals surface area contributed by atoms with Crippen molar-refractivity contribution >= 4 is 38.4 Å². The highest BCUT2D eigenvalue weighted by atomic mass is 16.3. The van der Waals surface area contributed by atoms with Crippen molar-refractivity contribution in [3.63, 3.8) is 0 Å². The van der Waals surface area contributed by atoms with Crippen LogP contribution in [0.1, 0.15) is 50.7 Å². The molecule has 0 N–H and O–H groups in total. The van der Waals surface area contributed by atoms with Gasteiger partial charge in [-0.3, -0.25) is 4.40 Å². The third-order valence-electron chi connectivity index (χ3n) is 8.09. The molecule has 0 bridgehead atoms. The average molecular weight is 524 g/mol. The van der Waals surface area contributed by atoms with Crippen molar-refractivity contribution in [1.29, 1.82) is 0 Å². The second kappa shape index (κ2) is 10.3. The zero-order chi connectivity index (χ0) is 27.1. The second-order valence-electron chi connectivity index (χ2n) is 10.9. The van der Waals surface area contributed by atoms with E-state index in [0.717, 1.165) is 57.6 Å². The van der Waals surface area contributed by atoms with Gasteiger partial charge in [0, 0.05) is 33.5 Å². The number of pyridine rings is 1. The molecular formula is C36H33N3O. The van der Waals surface area contributed by atoms with E-state index in [9.17, 15) is 0 Å². The standard InChI is InChI=1S/C36H33N3O/c1-3-5-9-24-13-18-33-31(21-24)32-23-25(10-6-4-2)22-30(34(32)40-33)27-14-16-28(17-15-27)35-37-38-36-29-12-8-7-11-26(29)19-20-39(35)36/h7-8,11-23H,3-6,9-10H2,1-2H3. The van der Waals surface area contributed by atoms with Crippen molar-refractivity contribution in [2.24, 2.45) is 0 Å². The van der Waals surface area contributed by atoms with Gasteiger partial charge in [0.1, 0.15) is 11.2 Å². The smallest absolute Gasteiger partial charge is 0.168 e. The number of nitrogens with zero attached hydrogens (tertiary/aromatic N) is 3. The van der Waals surface area contributed by atoms with Gasteiger partial charge in [-0.1, -0.05) is 81.3 Å². The maximum absolute atomic E-state index is 6.53. The lowest BCUT2D eigenvalue weighted by Crippen LogP contribution is -1.91. The first-order valence-electron chi connectivity index (χ1n) is 14.5. The molecule has 0 atom stereocenters. The normalized spacial score (nSPS) is 11.8. The van der Waals surface area contributed by atoms with Crippen molar-refractivity contribution < 1.29 is 4.42 Å². The van der Waals surface area contributed by atoms with Gasteiger partial charge in [0.2, 0.25) is 0 Å². The molecule has 0 saturated heterocycles. The minimum Gasteiger partial charge on any atom is -0.455 e. The summed E-state index contributed by atoms with van der Waals surface area (Å²) in [5.74, 6) is 0.845. The Morgan fingerprint density at radius 2 is 1.43 bits per heavy atom. The number of unbranched alkanes of at least 4 members (excludes halogenated alkanes) is 2. The van der Waals surface area contributed by atoms with Gasteiger partial charge in [-0.25, -0.2) is 0 Å². The molecule has 198 valence electrons. The van der Waals surface area contributed by atoms with Crippen LogP contribution in [0.5, 0.6) is 0 Å². The van der Waals surface area contributed by atoms with Gasteiger partial charge in [-0.2, -0.15) is 0 Å². The third kappa shape index (κ3) is 4.24. The van der Waals surface area contributed by atoms with Crippen LogP contribution in [-0.2, 0) is 12.8 Å². The van der Waals surface area contributed by atoms with E-state index in [1.54, 1.807) is 0 Å². The molecule has 0 radical (unpaired) electrons. The molecule has 4 nitrogen and oxygen atoms in total. The van der Waals surface area contributed by atoms with Crippen molar-refractivity contribution in [3.05, 3.63) is 102 Å². The first kappa shape index (κ1) is 24.6. The highest BCUT2D eigenvalue weighted by Gasteiger charge is 2.16. The predicted octanol–water partition coefficient (Wildman–Crippen LogP) is 9.80. The van der Waals surface area contributed by atoms with Crippen molar-refractivity contribution in [1.82, 2.24) is 14.6 Å². The third-order valence-corrected chi connectivity index (χ3v) is 8.09. The van der Waals surface area contributed by atoms with Crippen LogP contribution < -0.4 is 0 Å². The summed E-state index contributed by atoms with van der Waals surface area (Å²) < 4.78 is 8.61. The largest absolute Gasteiger partial charge is 0.455 e. The number of rotatable bonds is 8. The Kier molecular flexibility index (Phi) is 6.31. The predicted molar refractivity (Wildman–Crippen MR) is 166 cm³/mol. The fourth-order valence-corrected chi connectivity index (χ4v) is 5.87. The van der Waals surface area contributed by atoms with Gasteiger partial charge in [-0.05, 0) is 78.1 Å². The quantitative estimate of drug-likeness (QED) is 0.199. The monoisotopic (exact) mass is 523 g/mol. The Hall–Kier alpha value is -4.44. The Bertz CT molecular complexity index is 1980. The van der Waals surface area contributed by atoms with Crippen LogP contribution in [0.15, 0.2) is 95.5 Å². The van der Waals surface area contributed by atoms with E-state index < -0.39 is 0 Å². The Balaban J connectivity index is 1.33. The number of benzene rings is 4. The summed E-state index contributed by atoms with van der Waals surface area (Å²) in [6.45, 7) is 4.50. The molecule has 0 amide bonds. The molecule has 4 aromatic carbocycles. The molecule has 40 heavy (non-hydrogen) atoms. The van der Waals surface area contributed by atoms with Crippen LogP contribution in [0.2, 0.25) is 0 Å². The van der Waals surface area contributed by atoms with Crippen molar-refractivity contribution in [3.8, 4) is 22.5 Å². The highest BCUT2D eigenvalue weighted by Crippen LogP contribution is 2.38. The number of furan rings is 1. The number of fused-ring (bicyclic) bond motifs is 6. The lowest BCUT2D eigenvalue weighted by molar-refractivity contribution is 0.669. The Labute approximate surface area is 234 Å². The Morgan fingerprint density at radius 3 is 2.25 bits per heavy atom. The molecule has 7 rings (SSSR count). The molecule has 0 aliphatic heterocycles. The lowest BCUT2D eigenvalue weighted by atomic mass is 9.95. The summed E-state index contributed by atoms with van der Waals surface area (Å²) in [6, 6.07) is 30.5. The Morgan fingerprint density at radius 1 is 0.675 bits per heavy atom. The van der Waals surface area contributed by atoms with Crippen LogP contribution in [0.25, 0.3) is 60.9 Å². The molecule has 0 spiro atoms. The van der Waals surface area contributed by atoms with Crippen molar-refractivity contribution in [2.75, 3.05) is 0 Å². The number of hydrogen-bond donors (Lipinski definition) is 0. The number of aryl methyl sites for hydroxylation is 2. The zero-order valence-electron chi connectivity index (χ0n) is 23.2. The van der Waals surface area contributed by atoms with E-state index in [0.29, 0.717) is 0 Å². The molecule has 0 aliphatic carbocycles. The molecule has 3 aromatic heterocycles. The number of aromatic nitrogens is 3. The summed E-state index contributed by atoms with van der Waals surface area (Å²) in [4.78, 5) is 0. The molecule has 0 fully saturated rings. The topological polar surface area (TPSA) is 43.3 Å². The highest BCUT2D eigenvalue weighted by molar-refractivity contribution is 6.10.